The molecule has 4 aliphatic carbocycles. The molecule has 10 nitrogen and oxygen atoms in total. The van der Waals surface area contributed by atoms with E-state index in [1.54, 1.807) is 18.7 Å². The van der Waals surface area contributed by atoms with Crippen LogP contribution in [0.5, 0.6) is 0 Å². The van der Waals surface area contributed by atoms with Gasteiger partial charge in [-0.25, -0.2) is 19.6 Å². The lowest BCUT2D eigenvalue weighted by atomic mass is 9.53. The molecule has 4 saturated carbocycles. The standard InChI is InChI=1S/C27H26N6O4/c1-15-22(25(34)33(32(15)3)20-7-5-4-6-8-20)30-31-23-24(21(14-28)29-2)36-27(37-26(23)35)18-10-16-9-17(12-18)13-19(27)11-16/h4-8,16-19,30H,9-13H2,1,3H3/b24-21+,31-23+. The minimum absolute atomic E-state index is 0.0253. The van der Waals surface area contributed by atoms with Gasteiger partial charge in [-0.1, -0.05) is 18.2 Å². The summed E-state index contributed by atoms with van der Waals surface area (Å²) in [5.41, 5.74) is 3.06. The summed E-state index contributed by atoms with van der Waals surface area (Å²) in [6.45, 7) is 9.27. The van der Waals surface area contributed by atoms with Crippen LogP contribution in [0.4, 0.5) is 5.69 Å². The molecule has 2 aromatic rings. The third kappa shape index (κ3) is 3.40. The summed E-state index contributed by atoms with van der Waals surface area (Å²) >= 11 is 0. The first-order valence-electron chi connectivity index (χ1n) is 12.5. The molecule has 0 radical (unpaired) electrons. The Labute approximate surface area is 213 Å². The third-order valence-electron chi connectivity index (χ3n) is 8.46. The molecule has 0 amide bonds. The number of hydrogen-bond donors (Lipinski definition) is 1. The Kier molecular flexibility index (Phi) is 5.23. The number of nitrogens with zero attached hydrogens (tertiary/aromatic N) is 5. The van der Waals surface area contributed by atoms with Crippen LogP contribution in [0.1, 0.15) is 37.8 Å². The zero-order chi connectivity index (χ0) is 25.9. The monoisotopic (exact) mass is 498 g/mol. The number of ether oxygens (including phenoxy) is 2. The van der Waals surface area contributed by atoms with E-state index in [2.05, 4.69) is 15.4 Å². The van der Waals surface area contributed by atoms with Crippen LogP contribution in [-0.4, -0.2) is 26.8 Å². The van der Waals surface area contributed by atoms with Crippen LogP contribution in [0.3, 0.4) is 0 Å². The van der Waals surface area contributed by atoms with Crippen molar-refractivity contribution in [2.45, 2.75) is 44.8 Å². The van der Waals surface area contributed by atoms with Gasteiger partial charge in [0, 0.05) is 18.9 Å². The van der Waals surface area contributed by atoms with Crippen molar-refractivity contribution < 1.29 is 14.3 Å². The highest BCUT2D eigenvalue weighted by Crippen LogP contribution is 2.61. The number of carbonyl (C=O) groups excluding carboxylic acids is 1. The first kappa shape index (κ1) is 23.1. The number of carbonyl (C=O) groups is 1. The summed E-state index contributed by atoms with van der Waals surface area (Å²) < 4.78 is 15.5. The predicted octanol–water partition coefficient (Wildman–Crippen LogP) is 3.63. The second-order valence-corrected chi connectivity index (χ2v) is 10.4. The van der Waals surface area contributed by atoms with Crippen molar-refractivity contribution >= 4 is 17.4 Å². The lowest BCUT2D eigenvalue weighted by molar-refractivity contribution is -0.309. The molecule has 1 N–H and O–H groups in total. The Morgan fingerprint density at radius 3 is 2.38 bits per heavy atom. The van der Waals surface area contributed by atoms with E-state index in [4.69, 9.17) is 16.0 Å². The molecule has 1 aliphatic heterocycles. The second kappa shape index (κ2) is 8.38. The number of benzene rings is 1. The number of nitrogens with one attached hydrogen (secondary N) is 1. The van der Waals surface area contributed by atoms with E-state index in [-0.39, 0.29) is 40.3 Å². The molecule has 5 aliphatic rings. The lowest BCUT2D eigenvalue weighted by Crippen LogP contribution is -2.63. The van der Waals surface area contributed by atoms with E-state index >= 15 is 0 Å². The molecule has 0 atom stereocenters. The van der Waals surface area contributed by atoms with Gasteiger partial charge in [-0.3, -0.25) is 14.9 Å². The van der Waals surface area contributed by atoms with E-state index in [1.165, 1.54) is 11.1 Å². The molecule has 10 heteroatoms. The van der Waals surface area contributed by atoms with Crippen molar-refractivity contribution in [3.63, 3.8) is 0 Å². The van der Waals surface area contributed by atoms with Crippen molar-refractivity contribution in [1.29, 1.82) is 5.26 Å². The van der Waals surface area contributed by atoms with Crippen molar-refractivity contribution in [3.05, 3.63) is 69.3 Å². The average molecular weight is 499 g/mol. The van der Waals surface area contributed by atoms with Gasteiger partial charge in [0.05, 0.1) is 24.0 Å². The van der Waals surface area contributed by atoms with Gasteiger partial charge in [-0.2, -0.15) is 5.10 Å². The number of para-hydroxylation sites is 1. The Hall–Kier alpha value is -4.31. The zero-order valence-corrected chi connectivity index (χ0v) is 20.6. The van der Waals surface area contributed by atoms with Crippen LogP contribution >= 0.6 is 0 Å². The molecule has 1 spiro atoms. The highest BCUT2D eigenvalue weighted by molar-refractivity contribution is 6.43. The number of hydrazone groups is 1. The smallest absolute Gasteiger partial charge is 0.364 e. The normalized spacial score (nSPS) is 32.0. The van der Waals surface area contributed by atoms with Crippen molar-refractivity contribution in [3.8, 4) is 11.8 Å². The maximum Gasteiger partial charge on any atom is 0.364 e. The fourth-order valence-electron chi connectivity index (χ4n) is 6.88. The number of hydrogen-bond acceptors (Lipinski definition) is 7. The third-order valence-corrected chi connectivity index (χ3v) is 8.46. The molecule has 2 heterocycles. The Bertz CT molecular complexity index is 1460. The van der Waals surface area contributed by atoms with E-state index in [0.29, 0.717) is 23.2 Å². The maximum atomic E-state index is 13.4. The van der Waals surface area contributed by atoms with E-state index in [0.717, 1.165) is 25.7 Å². The minimum atomic E-state index is -1.17. The lowest BCUT2D eigenvalue weighted by Gasteiger charge is -2.60. The first-order chi connectivity index (χ1) is 17.9. The summed E-state index contributed by atoms with van der Waals surface area (Å²) in [7, 11) is 1.74. The molecule has 4 bridgehead atoms. The largest absolute Gasteiger partial charge is 0.459 e. The number of anilines is 1. The Balaban J connectivity index is 1.38. The fraction of sp³-hybridized carbons (Fsp3) is 0.444. The number of nitriles is 1. The van der Waals surface area contributed by atoms with Crippen LogP contribution in [0.25, 0.3) is 10.5 Å². The number of allylic oxidation sites excluding steroid dienone is 1. The quantitative estimate of drug-likeness (QED) is 0.299. The van der Waals surface area contributed by atoms with E-state index in [1.807, 2.05) is 36.4 Å². The number of esters is 1. The van der Waals surface area contributed by atoms with Gasteiger partial charge in [0.1, 0.15) is 5.69 Å². The molecule has 1 aromatic heterocycles. The van der Waals surface area contributed by atoms with Gasteiger partial charge in [0.25, 0.3) is 11.3 Å². The van der Waals surface area contributed by atoms with Crippen LogP contribution in [0.15, 0.2) is 51.7 Å². The van der Waals surface area contributed by atoms with Crippen LogP contribution in [0.2, 0.25) is 0 Å². The molecular weight excluding hydrogens is 472 g/mol. The Morgan fingerprint density at radius 2 is 1.78 bits per heavy atom. The zero-order valence-electron chi connectivity index (χ0n) is 20.6. The van der Waals surface area contributed by atoms with E-state index < -0.39 is 11.8 Å². The van der Waals surface area contributed by atoms with Gasteiger partial charge < -0.3 is 9.47 Å². The maximum absolute atomic E-state index is 13.4. The van der Waals surface area contributed by atoms with Crippen molar-refractivity contribution in [2.24, 2.45) is 35.8 Å². The summed E-state index contributed by atoms with van der Waals surface area (Å²) in [5.74, 6) is -0.851. The summed E-state index contributed by atoms with van der Waals surface area (Å²) in [4.78, 5) is 30.0. The molecule has 7 rings (SSSR count). The second-order valence-electron chi connectivity index (χ2n) is 10.4. The first-order valence-corrected chi connectivity index (χ1v) is 12.5. The molecule has 0 unspecified atom stereocenters. The van der Waals surface area contributed by atoms with Gasteiger partial charge in [0.15, 0.2) is 5.76 Å². The molecule has 1 saturated heterocycles. The average Bonchev–Trinajstić information content (AvgIpc) is 3.10. The highest BCUT2D eigenvalue weighted by atomic mass is 16.7. The van der Waals surface area contributed by atoms with Gasteiger partial charge in [0.2, 0.25) is 5.71 Å². The van der Waals surface area contributed by atoms with E-state index in [9.17, 15) is 14.9 Å². The Morgan fingerprint density at radius 1 is 1.14 bits per heavy atom. The molecule has 5 fully saturated rings. The topological polar surface area (TPSA) is 115 Å². The SMILES string of the molecule is [C-]#[N+]/C(C#N)=C1/OC2(OC(=O)/C1=N/Nc1c(C)n(C)n(-c3ccccc3)c1=O)C1CC3CC(C1)CC2C3. The van der Waals surface area contributed by atoms with Crippen LogP contribution in [-0.2, 0) is 21.3 Å². The van der Waals surface area contributed by atoms with Crippen molar-refractivity contribution in [1.82, 2.24) is 9.36 Å². The minimum Gasteiger partial charge on any atom is -0.459 e. The highest BCUT2D eigenvalue weighted by Gasteiger charge is 2.64. The van der Waals surface area contributed by atoms with Crippen LogP contribution in [0, 0.1) is 48.5 Å². The molecule has 1 aromatic carbocycles. The number of aromatic nitrogens is 2. The van der Waals surface area contributed by atoms with Crippen molar-refractivity contribution in [2.75, 3.05) is 5.43 Å². The van der Waals surface area contributed by atoms with Crippen LogP contribution < -0.4 is 11.0 Å². The summed E-state index contributed by atoms with van der Waals surface area (Å²) in [6.07, 6.45) is 4.82. The summed E-state index contributed by atoms with van der Waals surface area (Å²) in [5, 5.41) is 13.9. The molecule has 188 valence electrons. The van der Waals surface area contributed by atoms with Gasteiger partial charge >= 0.3 is 11.7 Å². The van der Waals surface area contributed by atoms with Gasteiger partial charge in [-0.05, 0) is 63.0 Å². The summed E-state index contributed by atoms with van der Waals surface area (Å²) in [6, 6.07) is 11.0. The van der Waals surface area contributed by atoms with Gasteiger partial charge in [-0.15, -0.1) is 0 Å². The molecule has 37 heavy (non-hydrogen) atoms. The predicted molar refractivity (Wildman–Crippen MR) is 133 cm³/mol. The molecular formula is C27H26N6O4. The number of rotatable bonds is 3. The fourth-order valence-corrected chi connectivity index (χ4v) is 6.88.